The van der Waals surface area contributed by atoms with Gasteiger partial charge in [-0.15, -0.1) is 0 Å². The quantitative estimate of drug-likeness (QED) is 0.352. The van der Waals surface area contributed by atoms with E-state index in [1.54, 1.807) is 12.1 Å². The number of hydrogen-bond acceptors (Lipinski definition) is 3. The van der Waals surface area contributed by atoms with Gasteiger partial charge in [0.2, 0.25) is 0 Å². The van der Waals surface area contributed by atoms with Crippen molar-refractivity contribution in [3.63, 3.8) is 0 Å². The van der Waals surface area contributed by atoms with Gasteiger partial charge in [0.05, 0.1) is 0 Å². The molecule has 0 saturated heterocycles. The maximum atomic E-state index is 13.4. The van der Waals surface area contributed by atoms with E-state index in [-0.39, 0.29) is 34.6 Å². The number of ether oxygens (including phenoxy) is 1. The highest BCUT2D eigenvalue weighted by molar-refractivity contribution is 5.82. The summed E-state index contributed by atoms with van der Waals surface area (Å²) in [6.45, 7) is 6.38. The van der Waals surface area contributed by atoms with Crippen LogP contribution < -0.4 is 0 Å². The largest absolute Gasteiger partial charge is 0.462 e. The SMILES string of the molecule is CC(=O)O[C@H]1CC[C@@]2(C)C(=CC[C@H]3[C@@H]4CC[C@H](C(=O)CCc5ccc(F)cc5)[C@@]4(C)CC[C@@H]32)C1. The summed E-state index contributed by atoms with van der Waals surface area (Å²) in [5.41, 5.74) is 2.88. The van der Waals surface area contributed by atoms with Crippen molar-refractivity contribution in [2.24, 2.45) is 34.5 Å². The van der Waals surface area contributed by atoms with E-state index < -0.39 is 0 Å². The van der Waals surface area contributed by atoms with Gasteiger partial charge < -0.3 is 4.74 Å². The molecule has 4 aliphatic rings. The number of rotatable bonds is 5. The van der Waals surface area contributed by atoms with Gasteiger partial charge in [-0.3, -0.25) is 9.59 Å². The van der Waals surface area contributed by atoms with Crippen LogP contribution >= 0.6 is 0 Å². The van der Waals surface area contributed by atoms with Gasteiger partial charge in [-0.2, -0.15) is 0 Å². The fourth-order valence-electron chi connectivity index (χ4n) is 8.58. The summed E-state index contributed by atoms with van der Waals surface area (Å²) in [7, 11) is 0. The van der Waals surface area contributed by atoms with Gasteiger partial charge in [0.1, 0.15) is 17.7 Å². The lowest BCUT2D eigenvalue weighted by atomic mass is 9.47. The minimum atomic E-state index is -0.226. The zero-order valence-electron chi connectivity index (χ0n) is 20.9. The molecule has 4 heteroatoms. The standard InChI is InChI=1S/C30H39FO3/c1-19(32)34-23-14-16-29(2)21(18-23)7-10-24-25-11-12-27(30(25,3)17-15-26(24)29)28(33)13-6-20-4-8-22(31)9-5-20/h4-5,7-9,23-27H,6,10-18H2,1-3H3/t23-,24-,25-,26-,27+,29-,30-/m0/s1. The molecule has 0 aromatic heterocycles. The van der Waals surface area contributed by atoms with E-state index in [4.69, 9.17) is 4.74 Å². The minimum absolute atomic E-state index is 0.0387. The lowest BCUT2D eigenvalue weighted by molar-refractivity contribution is -0.149. The van der Waals surface area contributed by atoms with Gasteiger partial charge in [0.15, 0.2) is 0 Å². The summed E-state index contributed by atoms with van der Waals surface area (Å²) < 4.78 is 18.8. The number of halogens is 1. The van der Waals surface area contributed by atoms with Crippen LogP contribution in [0.3, 0.4) is 0 Å². The Morgan fingerprint density at radius 2 is 1.79 bits per heavy atom. The van der Waals surface area contributed by atoms with E-state index in [1.807, 2.05) is 0 Å². The van der Waals surface area contributed by atoms with E-state index >= 15 is 0 Å². The molecule has 0 radical (unpaired) electrons. The smallest absolute Gasteiger partial charge is 0.302 e. The second-order valence-electron chi connectivity index (χ2n) is 12.0. The zero-order valence-corrected chi connectivity index (χ0v) is 20.9. The monoisotopic (exact) mass is 466 g/mol. The third-order valence-corrected chi connectivity index (χ3v) is 10.4. The van der Waals surface area contributed by atoms with Crippen molar-refractivity contribution in [3.05, 3.63) is 47.3 Å². The van der Waals surface area contributed by atoms with Crippen LogP contribution in [-0.2, 0) is 20.7 Å². The molecule has 1 aromatic carbocycles. The second-order valence-corrected chi connectivity index (χ2v) is 12.0. The molecule has 3 fully saturated rings. The molecule has 3 nitrogen and oxygen atoms in total. The maximum Gasteiger partial charge on any atom is 0.302 e. The van der Waals surface area contributed by atoms with Crippen molar-refractivity contribution in [1.82, 2.24) is 0 Å². The van der Waals surface area contributed by atoms with E-state index in [9.17, 15) is 14.0 Å². The van der Waals surface area contributed by atoms with Gasteiger partial charge in [0.25, 0.3) is 0 Å². The Hall–Kier alpha value is -1.97. The Balaban J connectivity index is 1.28. The van der Waals surface area contributed by atoms with Crippen LogP contribution in [0.4, 0.5) is 4.39 Å². The topological polar surface area (TPSA) is 43.4 Å². The molecule has 34 heavy (non-hydrogen) atoms. The summed E-state index contributed by atoms with van der Waals surface area (Å²) in [4.78, 5) is 24.9. The average molecular weight is 467 g/mol. The number of Topliss-reactive ketones (excluding diaryl/α,β-unsaturated/α-hetero) is 1. The van der Waals surface area contributed by atoms with Crippen LogP contribution in [0.25, 0.3) is 0 Å². The van der Waals surface area contributed by atoms with Crippen LogP contribution in [-0.4, -0.2) is 17.9 Å². The number of hydrogen-bond donors (Lipinski definition) is 0. The number of benzene rings is 1. The van der Waals surface area contributed by atoms with E-state index in [0.717, 1.165) is 44.1 Å². The number of carbonyl (C=O) groups is 2. The van der Waals surface area contributed by atoms with Gasteiger partial charge in [-0.25, -0.2) is 4.39 Å². The van der Waals surface area contributed by atoms with Gasteiger partial charge in [-0.05, 0) is 97.6 Å². The molecule has 1 aromatic rings. The van der Waals surface area contributed by atoms with Crippen LogP contribution in [0.15, 0.2) is 35.9 Å². The lowest BCUT2D eigenvalue weighted by Crippen LogP contribution is -2.51. The predicted octanol–water partition coefficient (Wildman–Crippen LogP) is 6.84. The summed E-state index contributed by atoms with van der Waals surface area (Å²) in [6, 6.07) is 6.57. The molecule has 0 spiro atoms. The third kappa shape index (κ3) is 4.05. The highest BCUT2D eigenvalue weighted by atomic mass is 19.1. The maximum absolute atomic E-state index is 13.4. The number of fused-ring (bicyclic) bond motifs is 5. The molecule has 0 amide bonds. The van der Waals surface area contributed by atoms with Gasteiger partial charge in [0, 0.05) is 25.7 Å². The molecule has 5 rings (SSSR count). The van der Waals surface area contributed by atoms with E-state index in [0.29, 0.717) is 36.4 Å². The molecular weight excluding hydrogens is 427 g/mol. The molecule has 184 valence electrons. The fourth-order valence-corrected chi connectivity index (χ4v) is 8.58. The average Bonchev–Trinajstić information content (AvgIpc) is 3.16. The summed E-state index contributed by atoms with van der Waals surface area (Å²) in [5.74, 6) is 2.13. The first-order chi connectivity index (χ1) is 16.2. The highest BCUT2D eigenvalue weighted by Gasteiger charge is 2.59. The first-order valence-corrected chi connectivity index (χ1v) is 13.3. The number of aryl methyl sites for hydroxylation is 1. The lowest BCUT2D eigenvalue weighted by Gasteiger charge is -2.58. The van der Waals surface area contributed by atoms with Crippen molar-refractivity contribution in [2.45, 2.75) is 91.1 Å². The zero-order chi connectivity index (χ0) is 24.1. The van der Waals surface area contributed by atoms with Crippen LogP contribution in [0, 0.1) is 40.3 Å². The van der Waals surface area contributed by atoms with Crippen LogP contribution in [0.5, 0.6) is 0 Å². The van der Waals surface area contributed by atoms with E-state index in [2.05, 4.69) is 19.9 Å². The number of allylic oxidation sites excluding steroid dienone is 1. The van der Waals surface area contributed by atoms with Gasteiger partial charge >= 0.3 is 5.97 Å². The van der Waals surface area contributed by atoms with Crippen molar-refractivity contribution in [2.75, 3.05) is 0 Å². The van der Waals surface area contributed by atoms with Gasteiger partial charge in [-0.1, -0.05) is 37.6 Å². The molecule has 3 saturated carbocycles. The molecule has 0 bridgehead atoms. The Morgan fingerprint density at radius 1 is 1.03 bits per heavy atom. The summed E-state index contributed by atoms with van der Waals surface area (Å²) in [6.07, 6.45) is 12.4. The number of carbonyl (C=O) groups excluding carboxylic acids is 2. The molecule has 0 N–H and O–H groups in total. The van der Waals surface area contributed by atoms with Crippen molar-refractivity contribution in [3.8, 4) is 0 Å². The summed E-state index contributed by atoms with van der Waals surface area (Å²) >= 11 is 0. The molecule has 4 aliphatic carbocycles. The Kier molecular flexibility index (Phi) is 6.23. The molecule has 0 unspecified atom stereocenters. The number of esters is 1. The van der Waals surface area contributed by atoms with Crippen molar-refractivity contribution >= 4 is 11.8 Å². The van der Waals surface area contributed by atoms with Crippen molar-refractivity contribution in [1.29, 1.82) is 0 Å². The normalized spacial score (nSPS) is 38.8. The first-order valence-electron chi connectivity index (χ1n) is 13.3. The number of ketones is 1. The highest BCUT2D eigenvalue weighted by Crippen LogP contribution is 2.66. The molecule has 0 aliphatic heterocycles. The fraction of sp³-hybridized carbons (Fsp3) is 0.667. The second kappa shape index (κ2) is 8.91. The van der Waals surface area contributed by atoms with Crippen molar-refractivity contribution < 1.29 is 18.7 Å². The Labute approximate surface area is 203 Å². The van der Waals surface area contributed by atoms with Crippen LogP contribution in [0.2, 0.25) is 0 Å². The third-order valence-electron chi connectivity index (χ3n) is 10.4. The molecule has 7 atom stereocenters. The molecule has 0 heterocycles. The predicted molar refractivity (Wildman–Crippen MR) is 130 cm³/mol. The van der Waals surface area contributed by atoms with E-state index in [1.165, 1.54) is 37.5 Å². The summed E-state index contributed by atoms with van der Waals surface area (Å²) in [5, 5.41) is 0. The molecular formula is C30H39FO3. The first kappa shape index (κ1) is 23.8. The Bertz CT molecular complexity index is 981. The minimum Gasteiger partial charge on any atom is -0.462 e. The Morgan fingerprint density at radius 3 is 2.53 bits per heavy atom. The van der Waals surface area contributed by atoms with Crippen LogP contribution in [0.1, 0.15) is 84.1 Å².